The van der Waals surface area contributed by atoms with Crippen LogP contribution in [0.1, 0.15) is 38.5 Å². The van der Waals surface area contributed by atoms with Crippen LogP contribution in [0, 0.1) is 11.8 Å². The molecule has 0 saturated heterocycles. The molecule has 2 aliphatic carbocycles. The van der Waals surface area contributed by atoms with E-state index in [0.717, 1.165) is 12.3 Å². The van der Waals surface area contributed by atoms with E-state index in [9.17, 15) is 5.11 Å². The predicted molar refractivity (Wildman–Crippen MR) is 40.7 cm³/mol. The van der Waals surface area contributed by atoms with Gasteiger partial charge in [0.1, 0.15) is 0 Å². The van der Waals surface area contributed by atoms with E-state index >= 15 is 0 Å². The molecule has 1 nitrogen and oxygen atoms in total. The summed E-state index contributed by atoms with van der Waals surface area (Å²) in [7, 11) is 0. The second-order valence-corrected chi connectivity index (χ2v) is 3.85. The Labute approximate surface area is 62.4 Å². The Morgan fingerprint density at radius 3 is 2.50 bits per heavy atom. The average Bonchev–Trinajstić information content (AvgIpc) is 2.34. The molecule has 2 saturated carbocycles. The van der Waals surface area contributed by atoms with Gasteiger partial charge in [0.05, 0.1) is 6.10 Å². The van der Waals surface area contributed by atoms with Gasteiger partial charge >= 0.3 is 0 Å². The minimum Gasteiger partial charge on any atom is -0.393 e. The maximum Gasteiger partial charge on any atom is 0.0571 e. The quantitative estimate of drug-likeness (QED) is 0.545. The second kappa shape index (κ2) is 2.54. The summed E-state index contributed by atoms with van der Waals surface area (Å²) < 4.78 is 0. The van der Waals surface area contributed by atoms with Crippen molar-refractivity contribution in [3.8, 4) is 0 Å². The molecule has 2 rings (SSSR count). The molecule has 0 aromatic carbocycles. The number of rotatable bonds is 0. The smallest absolute Gasteiger partial charge is 0.0571 e. The SMILES string of the molecule is O[C@@H]1CCC2CCCCC21. The number of aliphatic hydroxyl groups excluding tert-OH is 1. The lowest BCUT2D eigenvalue weighted by molar-refractivity contribution is 0.0963. The van der Waals surface area contributed by atoms with Crippen molar-refractivity contribution in [1.82, 2.24) is 0 Å². The average molecular weight is 140 g/mol. The van der Waals surface area contributed by atoms with Gasteiger partial charge in [-0.15, -0.1) is 0 Å². The third-order valence-corrected chi connectivity index (χ3v) is 3.30. The van der Waals surface area contributed by atoms with Crippen molar-refractivity contribution in [2.45, 2.75) is 44.6 Å². The first kappa shape index (κ1) is 6.66. The zero-order valence-electron chi connectivity index (χ0n) is 6.42. The fourth-order valence-corrected chi connectivity index (χ4v) is 2.70. The van der Waals surface area contributed by atoms with Crippen LogP contribution in [0.3, 0.4) is 0 Å². The highest BCUT2D eigenvalue weighted by atomic mass is 16.3. The van der Waals surface area contributed by atoms with Crippen LogP contribution in [0.5, 0.6) is 0 Å². The molecular weight excluding hydrogens is 124 g/mol. The minimum atomic E-state index is 0.0605. The van der Waals surface area contributed by atoms with Gasteiger partial charge in [0, 0.05) is 0 Å². The van der Waals surface area contributed by atoms with Gasteiger partial charge in [-0.2, -0.15) is 0 Å². The number of hydrogen-bond donors (Lipinski definition) is 1. The van der Waals surface area contributed by atoms with Crippen molar-refractivity contribution in [1.29, 1.82) is 0 Å². The van der Waals surface area contributed by atoms with E-state index in [1.165, 1.54) is 32.1 Å². The standard InChI is InChI=1S/C9H16O/c10-9-6-5-7-3-1-2-4-8(7)9/h7-10H,1-6H2/t7?,8?,9-/m1/s1. The Bertz CT molecular complexity index is 120. The zero-order valence-corrected chi connectivity index (χ0v) is 6.42. The Morgan fingerprint density at radius 1 is 0.900 bits per heavy atom. The first-order valence-corrected chi connectivity index (χ1v) is 4.56. The summed E-state index contributed by atoms with van der Waals surface area (Å²) in [5.74, 6) is 1.58. The van der Waals surface area contributed by atoms with Gasteiger partial charge in [-0.25, -0.2) is 0 Å². The molecule has 0 spiro atoms. The molecule has 10 heavy (non-hydrogen) atoms. The van der Waals surface area contributed by atoms with E-state index in [4.69, 9.17) is 0 Å². The normalized spacial score (nSPS) is 47.1. The van der Waals surface area contributed by atoms with Crippen LogP contribution in [0.25, 0.3) is 0 Å². The molecule has 58 valence electrons. The van der Waals surface area contributed by atoms with E-state index in [1.54, 1.807) is 0 Å². The van der Waals surface area contributed by atoms with Crippen LogP contribution in [0.4, 0.5) is 0 Å². The molecule has 0 amide bonds. The van der Waals surface area contributed by atoms with Gasteiger partial charge in [-0.05, 0) is 31.1 Å². The molecule has 0 radical (unpaired) electrons. The zero-order chi connectivity index (χ0) is 6.97. The maximum absolute atomic E-state index is 9.52. The summed E-state index contributed by atoms with van der Waals surface area (Å²) in [6.07, 6.45) is 7.89. The molecule has 2 aliphatic rings. The fraction of sp³-hybridized carbons (Fsp3) is 1.00. The molecule has 0 bridgehead atoms. The van der Waals surface area contributed by atoms with Crippen LogP contribution in [0.2, 0.25) is 0 Å². The summed E-state index contributed by atoms with van der Waals surface area (Å²) in [4.78, 5) is 0. The van der Waals surface area contributed by atoms with Gasteiger partial charge in [-0.1, -0.05) is 19.3 Å². The summed E-state index contributed by atoms with van der Waals surface area (Å²) in [5.41, 5.74) is 0. The summed E-state index contributed by atoms with van der Waals surface area (Å²) >= 11 is 0. The van der Waals surface area contributed by atoms with Crippen LogP contribution >= 0.6 is 0 Å². The van der Waals surface area contributed by atoms with Crippen LogP contribution in [0.15, 0.2) is 0 Å². The monoisotopic (exact) mass is 140 g/mol. The van der Waals surface area contributed by atoms with E-state index in [-0.39, 0.29) is 6.10 Å². The number of hydrogen-bond acceptors (Lipinski definition) is 1. The predicted octanol–water partition coefficient (Wildman–Crippen LogP) is 1.95. The topological polar surface area (TPSA) is 20.2 Å². The minimum absolute atomic E-state index is 0.0605. The highest BCUT2D eigenvalue weighted by Crippen LogP contribution is 2.41. The van der Waals surface area contributed by atoms with Crippen molar-refractivity contribution in [3.05, 3.63) is 0 Å². The lowest BCUT2D eigenvalue weighted by Crippen LogP contribution is -2.22. The third kappa shape index (κ3) is 0.968. The molecular formula is C9H16O. The van der Waals surface area contributed by atoms with Crippen LogP contribution in [-0.2, 0) is 0 Å². The van der Waals surface area contributed by atoms with Crippen molar-refractivity contribution in [3.63, 3.8) is 0 Å². The summed E-state index contributed by atoms with van der Waals surface area (Å²) in [5, 5.41) is 9.52. The van der Waals surface area contributed by atoms with E-state index in [1.807, 2.05) is 0 Å². The Kier molecular flexibility index (Phi) is 1.69. The Balaban J connectivity index is 2.01. The van der Waals surface area contributed by atoms with E-state index < -0.39 is 0 Å². The number of aliphatic hydroxyl groups is 1. The van der Waals surface area contributed by atoms with Gasteiger partial charge in [0.15, 0.2) is 0 Å². The highest BCUT2D eigenvalue weighted by Gasteiger charge is 2.35. The van der Waals surface area contributed by atoms with Crippen LogP contribution in [-0.4, -0.2) is 11.2 Å². The third-order valence-electron chi connectivity index (χ3n) is 3.30. The molecule has 3 atom stereocenters. The Morgan fingerprint density at radius 2 is 1.70 bits per heavy atom. The van der Waals surface area contributed by atoms with E-state index in [2.05, 4.69) is 0 Å². The van der Waals surface area contributed by atoms with Crippen molar-refractivity contribution in [2.24, 2.45) is 11.8 Å². The maximum atomic E-state index is 9.52. The first-order valence-electron chi connectivity index (χ1n) is 4.56. The van der Waals surface area contributed by atoms with Gasteiger partial charge in [0.2, 0.25) is 0 Å². The molecule has 1 N–H and O–H groups in total. The second-order valence-electron chi connectivity index (χ2n) is 3.85. The fourth-order valence-electron chi connectivity index (χ4n) is 2.70. The van der Waals surface area contributed by atoms with Crippen molar-refractivity contribution >= 4 is 0 Å². The van der Waals surface area contributed by atoms with Gasteiger partial charge in [0.25, 0.3) is 0 Å². The first-order chi connectivity index (χ1) is 4.88. The van der Waals surface area contributed by atoms with Gasteiger partial charge in [-0.3, -0.25) is 0 Å². The molecule has 0 aromatic rings. The van der Waals surface area contributed by atoms with Crippen LogP contribution < -0.4 is 0 Å². The van der Waals surface area contributed by atoms with Crippen molar-refractivity contribution < 1.29 is 5.11 Å². The Hall–Kier alpha value is -0.0400. The lowest BCUT2D eigenvalue weighted by Gasteiger charge is -2.26. The summed E-state index contributed by atoms with van der Waals surface area (Å²) in [6, 6.07) is 0. The highest BCUT2D eigenvalue weighted by molar-refractivity contribution is 4.86. The number of fused-ring (bicyclic) bond motifs is 1. The molecule has 0 aromatic heterocycles. The molecule has 2 fully saturated rings. The van der Waals surface area contributed by atoms with Crippen molar-refractivity contribution in [2.75, 3.05) is 0 Å². The molecule has 1 heteroatoms. The molecule has 2 unspecified atom stereocenters. The molecule has 0 heterocycles. The van der Waals surface area contributed by atoms with E-state index in [0.29, 0.717) is 5.92 Å². The largest absolute Gasteiger partial charge is 0.393 e. The van der Waals surface area contributed by atoms with Gasteiger partial charge < -0.3 is 5.11 Å². The lowest BCUT2D eigenvalue weighted by atomic mass is 9.81. The molecule has 0 aliphatic heterocycles. The summed E-state index contributed by atoms with van der Waals surface area (Å²) in [6.45, 7) is 0.